The van der Waals surface area contributed by atoms with Crippen LogP contribution in [0, 0.1) is 5.92 Å². The van der Waals surface area contributed by atoms with Crippen LogP contribution in [0.1, 0.15) is 12.8 Å². The summed E-state index contributed by atoms with van der Waals surface area (Å²) in [6.07, 6.45) is 1.14. The van der Waals surface area contributed by atoms with Gasteiger partial charge in [-0.25, -0.2) is 0 Å². The molecule has 0 bridgehead atoms. The number of rotatable bonds is 6. The van der Waals surface area contributed by atoms with Crippen LogP contribution in [0.5, 0.6) is 17.2 Å². The van der Waals surface area contributed by atoms with Crippen molar-refractivity contribution < 1.29 is 24.1 Å². The fourth-order valence-electron chi connectivity index (χ4n) is 2.66. The molecule has 2 aliphatic rings. The highest BCUT2D eigenvalue weighted by molar-refractivity contribution is 5.85. The number of fused-ring (bicyclic) bond motifs is 1. The van der Waals surface area contributed by atoms with E-state index in [1.807, 2.05) is 0 Å². The lowest BCUT2D eigenvalue weighted by Crippen LogP contribution is -2.43. The summed E-state index contributed by atoms with van der Waals surface area (Å²) in [7, 11) is 0. The smallest absolute Gasteiger partial charge is 0.231 e. The highest BCUT2D eigenvalue weighted by Crippen LogP contribution is 2.35. The van der Waals surface area contributed by atoms with Crippen LogP contribution in [-0.2, 0) is 4.79 Å². The number of carbonyl (C=O) groups excluding carboxylic acids is 1. The minimum atomic E-state index is -0.763. The standard InChI is InChI=1S/C16H22N2O5.ClH/c19-12(8-18-16(20)11-2-1-5-17-7-11)9-21-13-3-4-14-15(6-13)23-10-22-14;/h3-4,6,11-12,17,19H,1-2,5,7-10H2,(H,18,20);1H. The molecule has 1 aromatic carbocycles. The Balaban J connectivity index is 0.00000208. The first-order valence-electron chi connectivity index (χ1n) is 7.91. The molecule has 3 rings (SSSR count). The summed E-state index contributed by atoms with van der Waals surface area (Å²) in [6, 6.07) is 5.25. The third kappa shape index (κ3) is 4.90. The SMILES string of the molecule is Cl.O=C(NCC(O)COc1ccc2c(c1)OCO2)C1CCCNC1. The molecule has 0 spiro atoms. The van der Waals surface area contributed by atoms with Crippen LogP contribution in [0.4, 0.5) is 0 Å². The lowest BCUT2D eigenvalue weighted by atomic mass is 9.99. The molecule has 7 nitrogen and oxygen atoms in total. The topological polar surface area (TPSA) is 89.1 Å². The van der Waals surface area contributed by atoms with Crippen LogP contribution in [0.2, 0.25) is 0 Å². The van der Waals surface area contributed by atoms with Gasteiger partial charge in [0, 0.05) is 19.2 Å². The number of carbonyl (C=O) groups is 1. The average molecular weight is 359 g/mol. The van der Waals surface area contributed by atoms with Crippen molar-refractivity contribution in [2.45, 2.75) is 18.9 Å². The molecule has 0 radical (unpaired) electrons. The molecule has 1 fully saturated rings. The van der Waals surface area contributed by atoms with Crippen molar-refractivity contribution in [2.24, 2.45) is 5.92 Å². The molecule has 134 valence electrons. The van der Waals surface area contributed by atoms with E-state index in [0.717, 1.165) is 19.4 Å². The van der Waals surface area contributed by atoms with E-state index in [1.165, 1.54) is 0 Å². The van der Waals surface area contributed by atoms with Gasteiger partial charge in [-0.05, 0) is 31.5 Å². The van der Waals surface area contributed by atoms with Gasteiger partial charge in [0.2, 0.25) is 12.7 Å². The van der Waals surface area contributed by atoms with Crippen molar-refractivity contribution in [3.8, 4) is 17.2 Å². The van der Waals surface area contributed by atoms with Crippen molar-refractivity contribution in [1.82, 2.24) is 10.6 Å². The number of aliphatic hydroxyl groups excluding tert-OH is 1. The summed E-state index contributed by atoms with van der Waals surface area (Å²) in [4.78, 5) is 12.0. The zero-order valence-electron chi connectivity index (χ0n) is 13.3. The minimum Gasteiger partial charge on any atom is -0.491 e. The van der Waals surface area contributed by atoms with E-state index in [-0.39, 0.29) is 44.2 Å². The molecule has 0 saturated carbocycles. The average Bonchev–Trinajstić information content (AvgIpc) is 3.06. The molecule has 0 aliphatic carbocycles. The molecular weight excluding hydrogens is 336 g/mol. The summed E-state index contributed by atoms with van der Waals surface area (Å²) in [5.41, 5.74) is 0. The Morgan fingerprint density at radius 3 is 3.04 bits per heavy atom. The second-order valence-electron chi connectivity index (χ2n) is 5.77. The minimum absolute atomic E-state index is 0. The van der Waals surface area contributed by atoms with Gasteiger partial charge in [0.25, 0.3) is 0 Å². The van der Waals surface area contributed by atoms with Crippen molar-refractivity contribution in [2.75, 3.05) is 33.0 Å². The number of aliphatic hydroxyl groups is 1. The summed E-state index contributed by atoms with van der Waals surface area (Å²) in [6.45, 7) is 2.16. The Labute approximate surface area is 147 Å². The lowest BCUT2D eigenvalue weighted by molar-refractivity contribution is -0.126. The number of piperidine rings is 1. The maximum absolute atomic E-state index is 12.0. The molecule has 1 amide bonds. The van der Waals surface area contributed by atoms with Gasteiger partial charge < -0.3 is 30.0 Å². The maximum Gasteiger partial charge on any atom is 0.231 e. The van der Waals surface area contributed by atoms with Gasteiger partial charge in [-0.3, -0.25) is 4.79 Å². The Morgan fingerprint density at radius 1 is 1.42 bits per heavy atom. The third-order valence-electron chi connectivity index (χ3n) is 3.97. The van der Waals surface area contributed by atoms with Gasteiger partial charge in [0.05, 0.1) is 5.92 Å². The van der Waals surface area contributed by atoms with E-state index in [0.29, 0.717) is 23.8 Å². The fraction of sp³-hybridized carbons (Fsp3) is 0.562. The quantitative estimate of drug-likeness (QED) is 0.693. The van der Waals surface area contributed by atoms with Crippen LogP contribution in [0.3, 0.4) is 0 Å². The number of amides is 1. The van der Waals surface area contributed by atoms with Crippen LogP contribution >= 0.6 is 12.4 Å². The predicted molar refractivity (Wildman–Crippen MR) is 89.9 cm³/mol. The Bertz CT molecular complexity index is 551. The van der Waals surface area contributed by atoms with E-state index in [2.05, 4.69) is 10.6 Å². The first kappa shape index (κ1) is 18.6. The van der Waals surface area contributed by atoms with E-state index in [4.69, 9.17) is 14.2 Å². The third-order valence-corrected chi connectivity index (χ3v) is 3.97. The van der Waals surface area contributed by atoms with Crippen molar-refractivity contribution in [3.05, 3.63) is 18.2 Å². The number of hydrogen-bond acceptors (Lipinski definition) is 6. The zero-order chi connectivity index (χ0) is 16.1. The number of benzene rings is 1. The van der Waals surface area contributed by atoms with Crippen molar-refractivity contribution in [3.63, 3.8) is 0 Å². The molecule has 1 aromatic rings. The second kappa shape index (κ2) is 8.96. The molecular formula is C16H23ClN2O5. The molecule has 2 aliphatic heterocycles. The molecule has 2 heterocycles. The molecule has 2 unspecified atom stereocenters. The van der Waals surface area contributed by atoms with Gasteiger partial charge in [0.1, 0.15) is 18.5 Å². The fourth-order valence-corrected chi connectivity index (χ4v) is 2.66. The van der Waals surface area contributed by atoms with E-state index < -0.39 is 6.10 Å². The van der Waals surface area contributed by atoms with Gasteiger partial charge in [-0.15, -0.1) is 12.4 Å². The Hall–Kier alpha value is -1.70. The number of nitrogens with one attached hydrogen (secondary N) is 2. The second-order valence-corrected chi connectivity index (χ2v) is 5.77. The van der Waals surface area contributed by atoms with Crippen molar-refractivity contribution in [1.29, 1.82) is 0 Å². The number of halogens is 1. The molecule has 1 saturated heterocycles. The van der Waals surface area contributed by atoms with E-state index in [9.17, 15) is 9.90 Å². The predicted octanol–water partition coefficient (Wildman–Crippen LogP) is 0.693. The van der Waals surface area contributed by atoms with Gasteiger partial charge in [-0.1, -0.05) is 0 Å². The van der Waals surface area contributed by atoms with Crippen molar-refractivity contribution >= 4 is 18.3 Å². The molecule has 0 aromatic heterocycles. The molecule has 3 N–H and O–H groups in total. The van der Waals surface area contributed by atoms with Crippen LogP contribution < -0.4 is 24.8 Å². The zero-order valence-corrected chi connectivity index (χ0v) is 14.1. The molecule has 8 heteroatoms. The summed E-state index contributed by atoms with van der Waals surface area (Å²) in [5.74, 6) is 1.89. The molecule has 24 heavy (non-hydrogen) atoms. The first-order valence-corrected chi connectivity index (χ1v) is 7.91. The van der Waals surface area contributed by atoms with Gasteiger partial charge in [0.15, 0.2) is 11.5 Å². The highest BCUT2D eigenvalue weighted by atomic mass is 35.5. The van der Waals surface area contributed by atoms with Gasteiger partial charge in [-0.2, -0.15) is 0 Å². The van der Waals surface area contributed by atoms with Crippen LogP contribution in [0.15, 0.2) is 18.2 Å². The Morgan fingerprint density at radius 2 is 2.25 bits per heavy atom. The summed E-state index contributed by atoms with van der Waals surface area (Å²) in [5, 5.41) is 15.9. The monoisotopic (exact) mass is 358 g/mol. The van der Waals surface area contributed by atoms with E-state index >= 15 is 0 Å². The summed E-state index contributed by atoms with van der Waals surface area (Å²) >= 11 is 0. The van der Waals surface area contributed by atoms with E-state index in [1.54, 1.807) is 18.2 Å². The maximum atomic E-state index is 12.0. The largest absolute Gasteiger partial charge is 0.491 e. The first-order chi connectivity index (χ1) is 11.2. The Kier molecular flexibility index (Phi) is 6.96. The van der Waals surface area contributed by atoms with Crippen LogP contribution in [0.25, 0.3) is 0 Å². The highest BCUT2D eigenvalue weighted by Gasteiger charge is 2.21. The van der Waals surface area contributed by atoms with Gasteiger partial charge >= 0.3 is 0 Å². The lowest BCUT2D eigenvalue weighted by Gasteiger charge is -2.22. The number of ether oxygens (including phenoxy) is 3. The van der Waals surface area contributed by atoms with Crippen LogP contribution in [-0.4, -0.2) is 50.2 Å². The molecule has 2 atom stereocenters. The number of hydrogen-bond donors (Lipinski definition) is 3. The normalized spacial score (nSPS) is 20.0. The summed E-state index contributed by atoms with van der Waals surface area (Å²) < 4.78 is 16.0.